The molecule has 0 saturated heterocycles. The van der Waals surface area contributed by atoms with Gasteiger partial charge in [0.1, 0.15) is 0 Å². The molecule has 0 aliphatic heterocycles. The highest BCUT2D eigenvalue weighted by Crippen LogP contribution is 2.58. The Morgan fingerprint density at radius 2 is 0.455 bits per heavy atom. The first-order chi connectivity index (χ1) is 53.4. The van der Waals surface area contributed by atoms with Crippen molar-refractivity contribution in [1.82, 2.24) is 0 Å². The van der Waals surface area contributed by atoms with Crippen molar-refractivity contribution in [2.45, 2.75) is 90.9 Å². The summed E-state index contributed by atoms with van der Waals surface area (Å²) in [6, 6.07) is 124. The molecule has 110 heavy (non-hydrogen) atoms. The van der Waals surface area contributed by atoms with Crippen LogP contribution in [0.5, 0.6) is 0 Å². The molecule has 18 aromatic carbocycles. The fourth-order valence-corrected chi connectivity index (χ4v) is 20.6. The van der Waals surface area contributed by atoms with Gasteiger partial charge in [0.15, 0.2) is 0 Å². The van der Waals surface area contributed by atoms with Gasteiger partial charge in [0.05, 0.1) is 0 Å². The number of hydrogen-bond donors (Lipinski definition) is 0. The van der Waals surface area contributed by atoms with Gasteiger partial charge < -0.3 is 0 Å². The van der Waals surface area contributed by atoms with Crippen LogP contribution in [0.25, 0.3) is 176 Å². The summed E-state index contributed by atoms with van der Waals surface area (Å²) >= 11 is 0. The van der Waals surface area contributed by atoms with Crippen molar-refractivity contribution in [3.05, 3.63) is 383 Å². The number of benzene rings is 18. The van der Waals surface area contributed by atoms with Crippen LogP contribution in [-0.2, 0) is 21.7 Å². The average molecular weight is 1410 g/mol. The van der Waals surface area contributed by atoms with E-state index < -0.39 is 0 Å². The Labute approximate surface area is 645 Å². The normalized spacial score (nSPS) is 14.6. The predicted octanol–water partition coefficient (Wildman–Crippen LogP) is 30.1. The van der Waals surface area contributed by atoms with Crippen LogP contribution in [0, 0.1) is 13.8 Å². The molecular weight excluding hydrogens is 1320 g/mol. The number of hydrogen-bond acceptors (Lipinski definition) is 0. The summed E-state index contributed by atoms with van der Waals surface area (Å²) in [5, 5.41) is 15.5. The second kappa shape index (κ2) is 24.0. The zero-order valence-corrected chi connectivity index (χ0v) is 64.2. The van der Waals surface area contributed by atoms with Gasteiger partial charge in [-0.25, -0.2) is 0 Å². The summed E-state index contributed by atoms with van der Waals surface area (Å²) in [5.74, 6) is 0. The Morgan fingerprint density at radius 1 is 0.155 bits per heavy atom. The number of fused-ring (bicyclic) bond motifs is 18. The summed E-state index contributed by atoms with van der Waals surface area (Å²) in [6.07, 6.45) is 0. The first-order valence-electron chi connectivity index (χ1n) is 39.4. The van der Waals surface area contributed by atoms with Crippen LogP contribution >= 0.6 is 0 Å². The van der Waals surface area contributed by atoms with E-state index in [1.807, 2.05) is 0 Å². The zero-order valence-electron chi connectivity index (χ0n) is 64.2. The SMILES string of the molecule is Cc1ccc2c(-c3ccc4c(c3)C(C)(C)c3cc(-c5ccc6ccccc6c5)ccc3-4)c3ccccc3c(-c3ccc4c(c3)-c3ccccc3C4(C)C)c2c1.Cc1ccc2c(-c3ccc4c(c3)C(C)(C)c3cc(-c5cccc6ccccc56)ccc3-4)c3ccccc3c(-c3ccc4c(c3)-c3ccccc3C4(C)C)c2c1. The monoisotopic (exact) mass is 1400 g/mol. The molecular formula is C110H84. The van der Waals surface area contributed by atoms with E-state index in [-0.39, 0.29) is 21.7 Å². The van der Waals surface area contributed by atoms with Crippen LogP contribution in [0.1, 0.15) is 111 Å². The minimum atomic E-state index is -0.155. The lowest BCUT2D eigenvalue weighted by Gasteiger charge is -2.24. The smallest absolute Gasteiger partial charge is 0.0159 e. The lowest BCUT2D eigenvalue weighted by atomic mass is 9.79. The van der Waals surface area contributed by atoms with E-state index in [4.69, 9.17) is 0 Å². The summed E-state index contributed by atoms with van der Waals surface area (Å²) in [5.41, 5.74) is 39.7. The van der Waals surface area contributed by atoms with Gasteiger partial charge in [-0.1, -0.05) is 352 Å². The molecule has 0 amide bonds. The minimum absolute atomic E-state index is 0.0198. The second-order valence-electron chi connectivity index (χ2n) is 33.9. The van der Waals surface area contributed by atoms with E-state index in [2.05, 4.69) is 397 Å². The van der Waals surface area contributed by atoms with Crippen LogP contribution in [-0.4, -0.2) is 0 Å². The highest BCUT2D eigenvalue weighted by molar-refractivity contribution is 6.24. The quantitative estimate of drug-likeness (QED) is 0.146. The van der Waals surface area contributed by atoms with Gasteiger partial charge in [0.2, 0.25) is 0 Å². The maximum atomic E-state index is 2.50. The standard InChI is InChI=1S/2C55H42/c1-33-21-25-45-47(29-33)53(36-24-28-49-46(30-36)40-16-10-11-20-48(40)54(49,2)3)44-18-9-8-17-43(44)52(45)37-23-27-42-41-26-22-35(31-50(41)55(4,5)51(42)32-37)39-19-12-14-34-13-6-7-15-38(34)39;1-33-18-24-45-47(28-33)53(38-23-27-49-46(30-38)40-14-10-11-17-48(40)54(49,2)3)44-16-9-8-15-43(44)52(45)39-22-26-42-41-25-21-37(31-50(41)55(4,5)51(42)32-39)36-20-19-34-12-6-7-13-35(34)29-36/h2*6-32H,1-5H3. The van der Waals surface area contributed by atoms with E-state index in [0.717, 1.165) is 0 Å². The van der Waals surface area contributed by atoms with E-state index in [0.29, 0.717) is 0 Å². The van der Waals surface area contributed by atoms with Crippen molar-refractivity contribution >= 4 is 64.6 Å². The zero-order chi connectivity index (χ0) is 74.4. The molecule has 0 saturated carbocycles. The van der Waals surface area contributed by atoms with Crippen LogP contribution in [0.15, 0.2) is 328 Å². The highest BCUT2D eigenvalue weighted by atomic mass is 14.4. The molecule has 0 atom stereocenters. The molecule has 524 valence electrons. The predicted molar refractivity (Wildman–Crippen MR) is 470 cm³/mol. The Balaban J connectivity index is 0.000000140. The lowest BCUT2D eigenvalue weighted by Crippen LogP contribution is -2.15. The van der Waals surface area contributed by atoms with Gasteiger partial charge in [-0.15, -0.1) is 0 Å². The van der Waals surface area contributed by atoms with E-state index in [9.17, 15) is 0 Å². The fraction of sp³-hybridized carbons (Fsp3) is 0.127. The molecule has 4 aliphatic carbocycles. The number of rotatable bonds is 6. The van der Waals surface area contributed by atoms with Crippen molar-refractivity contribution < 1.29 is 0 Å². The first kappa shape index (κ1) is 65.8. The number of aryl methyl sites for hydroxylation is 2. The van der Waals surface area contributed by atoms with E-state index in [1.165, 1.54) is 232 Å². The molecule has 0 N–H and O–H groups in total. The molecule has 22 rings (SSSR count). The third-order valence-corrected chi connectivity index (χ3v) is 26.2. The van der Waals surface area contributed by atoms with Crippen LogP contribution in [0.4, 0.5) is 0 Å². The lowest BCUT2D eigenvalue weighted by molar-refractivity contribution is 0.660. The molecule has 0 heterocycles. The molecule has 0 unspecified atom stereocenters. The molecule has 0 spiro atoms. The van der Waals surface area contributed by atoms with E-state index >= 15 is 0 Å². The van der Waals surface area contributed by atoms with Gasteiger partial charge in [0.25, 0.3) is 0 Å². The maximum Gasteiger partial charge on any atom is 0.0159 e. The molecule has 0 heteroatoms. The first-order valence-corrected chi connectivity index (χ1v) is 39.4. The van der Waals surface area contributed by atoms with Crippen molar-refractivity contribution in [3.63, 3.8) is 0 Å². The minimum Gasteiger partial charge on any atom is -0.0619 e. The Bertz CT molecular complexity index is 7020. The third kappa shape index (κ3) is 9.71. The summed E-state index contributed by atoms with van der Waals surface area (Å²) in [6.45, 7) is 23.5. The van der Waals surface area contributed by atoms with Crippen molar-refractivity contribution in [2.24, 2.45) is 0 Å². The van der Waals surface area contributed by atoms with Crippen molar-refractivity contribution in [3.8, 4) is 111 Å². The average Bonchev–Trinajstić information content (AvgIpc) is 1.41. The molecule has 0 aromatic heterocycles. The summed E-state index contributed by atoms with van der Waals surface area (Å²) < 4.78 is 0. The largest absolute Gasteiger partial charge is 0.0619 e. The molecule has 4 aliphatic rings. The summed E-state index contributed by atoms with van der Waals surface area (Å²) in [7, 11) is 0. The van der Waals surface area contributed by atoms with Gasteiger partial charge in [-0.3, -0.25) is 0 Å². The van der Waals surface area contributed by atoms with Crippen LogP contribution < -0.4 is 0 Å². The third-order valence-electron chi connectivity index (χ3n) is 26.2. The Kier molecular flexibility index (Phi) is 14.4. The van der Waals surface area contributed by atoms with Crippen molar-refractivity contribution in [1.29, 1.82) is 0 Å². The van der Waals surface area contributed by atoms with Gasteiger partial charge in [-0.2, -0.15) is 0 Å². The van der Waals surface area contributed by atoms with Gasteiger partial charge in [0, 0.05) is 21.7 Å². The molecule has 0 fully saturated rings. The second-order valence-corrected chi connectivity index (χ2v) is 33.9. The van der Waals surface area contributed by atoms with Crippen LogP contribution in [0.2, 0.25) is 0 Å². The summed E-state index contributed by atoms with van der Waals surface area (Å²) in [4.78, 5) is 0. The van der Waals surface area contributed by atoms with Crippen molar-refractivity contribution in [2.75, 3.05) is 0 Å². The molecule has 0 nitrogen and oxygen atoms in total. The van der Waals surface area contributed by atoms with E-state index in [1.54, 1.807) is 0 Å². The Morgan fingerprint density at radius 3 is 0.945 bits per heavy atom. The van der Waals surface area contributed by atoms with Gasteiger partial charge in [-0.05, 0) is 277 Å². The van der Waals surface area contributed by atoms with Crippen LogP contribution in [0.3, 0.4) is 0 Å². The molecule has 18 aromatic rings. The van der Waals surface area contributed by atoms with Gasteiger partial charge >= 0.3 is 0 Å². The molecule has 0 bridgehead atoms. The fourth-order valence-electron chi connectivity index (χ4n) is 20.6. The maximum absolute atomic E-state index is 2.50. The topological polar surface area (TPSA) is 0 Å². The highest BCUT2D eigenvalue weighted by Gasteiger charge is 2.41. The molecule has 0 radical (unpaired) electrons. The Hall–Kier alpha value is -12.5.